The van der Waals surface area contributed by atoms with Crippen LogP contribution in [-0.4, -0.2) is 23.6 Å². The smallest absolute Gasteiger partial charge is 0.321 e. The minimum Gasteiger partial charge on any atom is -0.508 e. The van der Waals surface area contributed by atoms with E-state index in [0.717, 1.165) is 16.9 Å². The lowest BCUT2D eigenvalue weighted by Crippen LogP contribution is -2.40. The lowest BCUT2D eigenvalue weighted by molar-refractivity contribution is 0.0964. The van der Waals surface area contributed by atoms with Crippen LogP contribution in [0.2, 0.25) is 0 Å². The van der Waals surface area contributed by atoms with Crippen molar-refractivity contribution in [3.05, 3.63) is 95.6 Å². The third kappa shape index (κ3) is 6.39. The molecule has 6 nitrogen and oxygen atoms in total. The highest BCUT2D eigenvalue weighted by atomic mass is 16.5. The number of ether oxygens (including phenoxy) is 1. The normalized spacial score (nSPS) is 10.2. The average Bonchev–Trinajstić information content (AvgIpc) is 2.75. The maximum Gasteiger partial charge on any atom is 0.321 e. The fourth-order valence-electron chi connectivity index (χ4n) is 2.64. The summed E-state index contributed by atoms with van der Waals surface area (Å²) in [5.41, 5.74) is 2.29. The monoisotopic (exact) mass is 390 g/mol. The molecule has 3 N–H and O–H groups in total. The first-order chi connectivity index (χ1) is 14.1. The summed E-state index contributed by atoms with van der Waals surface area (Å²) in [6, 6.07) is 22.6. The average molecular weight is 390 g/mol. The summed E-state index contributed by atoms with van der Waals surface area (Å²) in [6.45, 7) is 0.767. The van der Waals surface area contributed by atoms with Crippen LogP contribution in [0, 0.1) is 0 Å². The first-order valence-corrected chi connectivity index (χ1v) is 9.24. The summed E-state index contributed by atoms with van der Waals surface area (Å²) >= 11 is 0. The van der Waals surface area contributed by atoms with Crippen molar-refractivity contribution in [3.8, 4) is 11.5 Å². The molecule has 0 unspecified atom stereocenters. The molecular weight excluding hydrogens is 368 g/mol. The number of hydrogen-bond donors (Lipinski definition) is 3. The molecule has 0 atom stereocenters. The minimum absolute atomic E-state index is 0.197. The van der Waals surface area contributed by atoms with E-state index in [4.69, 9.17) is 4.74 Å². The van der Waals surface area contributed by atoms with Crippen LogP contribution in [0.15, 0.2) is 78.9 Å². The SMILES string of the molecule is O=C(NCCc1ccc(O)cc1)NC(=O)c1ccc(COc2ccccc2)cc1. The molecule has 0 saturated heterocycles. The van der Waals surface area contributed by atoms with E-state index in [1.54, 1.807) is 48.5 Å². The number of phenolic OH excluding ortho intramolecular Hbond substituents is 1. The Hall–Kier alpha value is -3.80. The Kier molecular flexibility index (Phi) is 6.84. The molecule has 6 heteroatoms. The van der Waals surface area contributed by atoms with Gasteiger partial charge in [-0.2, -0.15) is 0 Å². The number of hydrogen-bond acceptors (Lipinski definition) is 4. The van der Waals surface area contributed by atoms with Crippen molar-refractivity contribution < 1.29 is 19.4 Å². The largest absolute Gasteiger partial charge is 0.508 e. The first-order valence-electron chi connectivity index (χ1n) is 9.24. The van der Waals surface area contributed by atoms with E-state index in [9.17, 15) is 14.7 Å². The molecule has 0 aliphatic heterocycles. The Morgan fingerprint density at radius 2 is 1.48 bits per heavy atom. The fraction of sp³-hybridized carbons (Fsp3) is 0.130. The lowest BCUT2D eigenvalue weighted by atomic mass is 10.1. The standard InChI is InChI=1S/C23H22N2O4/c26-20-12-8-17(9-13-20)14-15-24-23(28)25-22(27)19-10-6-18(7-11-19)16-29-21-4-2-1-3-5-21/h1-13,26H,14-16H2,(H2,24,25,27,28). The predicted octanol–water partition coefficient (Wildman–Crippen LogP) is 3.65. The van der Waals surface area contributed by atoms with Gasteiger partial charge in [0.05, 0.1) is 0 Å². The van der Waals surface area contributed by atoms with Crippen LogP contribution in [0.1, 0.15) is 21.5 Å². The molecule has 0 aliphatic carbocycles. The lowest BCUT2D eigenvalue weighted by Gasteiger charge is -2.08. The molecule has 3 aromatic rings. The number of carbonyl (C=O) groups is 2. The van der Waals surface area contributed by atoms with Crippen molar-refractivity contribution in [2.24, 2.45) is 0 Å². The van der Waals surface area contributed by atoms with E-state index in [1.807, 2.05) is 30.3 Å². The van der Waals surface area contributed by atoms with Gasteiger partial charge in [0.1, 0.15) is 18.1 Å². The van der Waals surface area contributed by atoms with E-state index in [0.29, 0.717) is 25.1 Å². The van der Waals surface area contributed by atoms with Gasteiger partial charge in [-0.05, 0) is 53.9 Å². The van der Waals surface area contributed by atoms with E-state index in [-0.39, 0.29) is 5.75 Å². The molecule has 0 aromatic heterocycles. The summed E-state index contributed by atoms with van der Waals surface area (Å²) < 4.78 is 5.67. The van der Waals surface area contributed by atoms with Gasteiger partial charge in [-0.15, -0.1) is 0 Å². The highest BCUT2D eigenvalue weighted by molar-refractivity contribution is 6.04. The molecule has 0 heterocycles. The van der Waals surface area contributed by atoms with Gasteiger partial charge < -0.3 is 15.2 Å². The number of imide groups is 1. The van der Waals surface area contributed by atoms with Crippen molar-refractivity contribution in [1.82, 2.24) is 10.6 Å². The Bertz CT molecular complexity index is 939. The van der Waals surface area contributed by atoms with Crippen molar-refractivity contribution in [3.63, 3.8) is 0 Å². The summed E-state index contributed by atoms with van der Waals surface area (Å²) in [6.07, 6.45) is 0.595. The zero-order valence-electron chi connectivity index (χ0n) is 15.8. The van der Waals surface area contributed by atoms with Crippen molar-refractivity contribution in [1.29, 1.82) is 0 Å². The van der Waals surface area contributed by atoms with Gasteiger partial charge in [-0.1, -0.05) is 42.5 Å². The predicted molar refractivity (Wildman–Crippen MR) is 110 cm³/mol. The quantitative estimate of drug-likeness (QED) is 0.575. The molecule has 3 aromatic carbocycles. The van der Waals surface area contributed by atoms with Crippen molar-refractivity contribution in [2.45, 2.75) is 13.0 Å². The van der Waals surface area contributed by atoms with E-state index >= 15 is 0 Å². The number of para-hydroxylation sites is 1. The van der Waals surface area contributed by atoms with Crippen LogP contribution >= 0.6 is 0 Å². The van der Waals surface area contributed by atoms with Gasteiger partial charge in [0.2, 0.25) is 0 Å². The molecule has 0 aliphatic rings. The second-order valence-electron chi connectivity index (χ2n) is 6.43. The van der Waals surface area contributed by atoms with Crippen LogP contribution in [0.4, 0.5) is 4.79 Å². The highest BCUT2D eigenvalue weighted by Gasteiger charge is 2.10. The minimum atomic E-state index is -0.551. The second kappa shape index (κ2) is 9.94. The zero-order valence-corrected chi connectivity index (χ0v) is 15.8. The Morgan fingerprint density at radius 3 is 2.17 bits per heavy atom. The van der Waals surface area contributed by atoms with E-state index in [2.05, 4.69) is 10.6 Å². The molecule has 0 saturated carbocycles. The maximum absolute atomic E-state index is 12.2. The highest BCUT2D eigenvalue weighted by Crippen LogP contribution is 2.12. The van der Waals surface area contributed by atoms with Gasteiger partial charge in [0.15, 0.2) is 0 Å². The van der Waals surface area contributed by atoms with Gasteiger partial charge in [0.25, 0.3) is 5.91 Å². The topological polar surface area (TPSA) is 87.7 Å². The number of urea groups is 1. The van der Waals surface area contributed by atoms with Gasteiger partial charge >= 0.3 is 6.03 Å². The number of phenols is 1. The number of amides is 3. The molecule has 0 radical (unpaired) electrons. The van der Waals surface area contributed by atoms with E-state index < -0.39 is 11.9 Å². The number of rotatable bonds is 7. The molecule has 0 spiro atoms. The molecule has 3 rings (SSSR count). The molecular formula is C23H22N2O4. The molecule has 148 valence electrons. The van der Waals surface area contributed by atoms with Crippen molar-refractivity contribution in [2.75, 3.05) is 6.54 Å². The maximum atomic E-state index is 12.2. The van der Waals surface area contributed by atoms with Crippen LogP contribution in [-0.2, 0) is 13.0 Å². The summed E-state index contributed by atoms with van der Waals surface area (Å²) in [7, 11) is 0. The molecule has 3 amide bonds. The number of carbonyl (C=O) groups excluding carboxylic acids is 2. The van der Waals surface area contributed by atoms with Crippen LogP contribution in [0.3, 0.4) is 0 Å². The number of nitrogens with one attached hydrogen (secondary N) is 2. The number of aromatic hydroxyl groups is 1. The number of benzene rings is 3. The fourth-order valence-corrected chi connectivity index (χ4v) is 2.64. The summed E-state index contributed by atoms with van der Waals surface area (Å²) in [5, 5.41) is 14.2. The van der Waals surface area contributed by atoms with Gasteiger partial charge in [-0.25, -0.2) is 4.79 Å². The Morgan fingerprint density at radius 1 is 0.828 bits per heavy atom. The second-order valence-corrected chi connectivity index (χ2v) is 6.43. The summed E-state index contributed by atoms with van der Waals surface area (Å²) in [4.78, 5) is 24.1. The third-order valence-electron chi connectivity index (χ3n) is 4.23. The van der Waals surface area contributed by atoms with Gasteiger partial charge in [0, 0.05) is 12.1 Å². The summed E-state index contributed by atoms with van der Waals surface area (Å²) in [5.74, 6) is 0.503. The third-order valence-corrected chi connectivity index (χ3v) is 4.23. The van der Waals surface area contributed by atoms with Crippen LogP contribution < -0.4 is 15.4 Å². The van der Waals surface area contributed by atoms with Crippen LogP contribution in [0.25, 0.3) is 0 Å². The molecule has 29 heavy (non-hydrogen) atoms. The Labute approximate surface area is 169 Å². The molecule has 0 fully saturated rings. The molecule has 0 bridgehead atoms. The Balaban J connectivity index is 1.42. The zero-order chi connectivity index (χ0) is 20.5. The van der Waals surface area contributed by atoms with Crippen LogP contribution in [0.5, 0.6) is 11.5 Å². The van der Waals surface area contributed by atoms with E-state index in [1.165, 1.54) is 0 Å². The van der Waals surface area contributed by atoms with Crippen molar-refractivity contribution >= 4 is 11.9 Å². The van der Waals surface area contributed by atoms with Gasteiger partial charge in [-0.3, -0.25) is 10.1 Å². The first kappa shape index (κ1) is 19.9.